The molecule has 27 heavy (non-hydrogen) atoms. The molecule has 2 heterocycles. The molecule has 0 amide bonds. The Hall–Kier alpha value is -2.34. The first kappa shape index (κ1) is 19.4. The van der Waals surface area contributed by atoms with Gasteiger partial charge in [-0.3, -0.25) is 24.5 Å². The van der Waals surface area contributed by atoms with E-state index in [1.165, 1.54) is 27.6 Å². The second-order valence-corrected chi connectivity index (χ2v) is 7.89. The number of hydrogen-bond acceptors (Lipinski definition) is 8. The maximum absolute atomic E-state index is 12.2. The van der Waals surface area contributed by atoms with E-state index in [0.717, 1.165) is 10.8 Å². The van der Waals surface area contributed by atoms with Gasteiger partial charge in [0, 0.05) is 22.7 Å². The fraction of sp³-hybridized carbons (Fsp3) is 0.250. The van der Waals surface area contributed by atoms with Gasteiger partial charge in [-0.15, -0.1) is 0 Å². The molecule has 1 aliphatic heterocycles. The molecule has 9 nitrogen and oxygen atoms in total. The molecule has 3 rings (SSSR count). The summed E-state index contributed by atoms with van der Waals surface area (Å²) in [5.74, 6) is 0. The summed E-state index contributed by atoms with van der Waals surface area (Å²) in [6.07, 6.45) is 1.58. The van der Waals surface area contributed by atoms with Crippen LogP contribution < -0.4 is 11.2 Å². The molecule has 0 fully saturated rings. The molecule has 1 aromatic carbocycles. The third-order valence-electron chi connectivity index (χ3n) is 3.77. The van der Waals surface area contributed by atoms with Crippen LogP contribution in [0.25, 0.3) is 0 Å². The summed E-state index contributed by atoms with van der Waals surface area (Å²) in [5, 5.41) is 20.5. The van der Waals surface area contributed by atoms with Crippen molar-refractivity contribution in [2.24, 2.45) is 0 Å². The van der Waals surface area contributed by atoms with E-state index in [1.807, 2.05) is 0 Å². The minimum Gasteiger partial charge on any atom is -0.393 e. The molecule has 0 bridgehead atoms. The van der Waals surface area contributed by atoms with Crippen LogP contribution in [-0.4, -0.2) is 32.3 Å². The van der Waals surface area contributed by atoms with Crippen LogP contribution in [0, 0.1) is 17.0 Å². The van der Waals surface area contributed by atoms with E-state index in [0.29, 0.717) is 15.4 Å². The molecule has 142 valence electrons. The highest BCUT2D eigenvalue weighted by Gasteiger charge is 2.30. The van der Waals surface area contributed by atoms with Crippen molar-refractivity contribution in [1.82, 2.24) is 9.55 Å². The van der Waals surface area contributed by atoms with Crippen molar-refractivity contribution in [3.63, 3.8) is 0 Å². The summed E-state index contributed by atoms with van der Waals surface area (Å²) in [7, 11) is 2.35. The number of nitro benzene ring substituents is 1. The van der Waals surface area contributed by atoms with Gasteiger partial charge >= 0.3 is 5.69 Å². The number of aliphatic hydroxyl groups excluding tert-OH is 1. The third kappa shape index (κ3) is 4.16. The Kier molecular flexibility index (Phi) is 5.85. The lowest BCUT2D eigenvalue weighted by Gasteiger charge is -2.18. The number of H-pyrrole nitrogens is 1. The number of aromatic amines is 1. The van der Waals surface area contributed by atoms with E-state index in [4.69, 9.17) is 4.74 Å². The van der Waals surface area contributed by atoms with Crippen LogP contribution in [0.1, 0.15) is 11.8 Å². The van der Waals surface area contributed by atoms with Crippen LogP contribution in [0.15, 0.2) is 55.9 Å². The molecule has 2 atom stereocenters. The van der Waals surface area contributed by atoms with E-state index >= 15 is 0 Å². The molecule has 0 unspecified atom stereocenters. The van der Waals surface area contributed by atoms with Crippen molar-refractivity contribution in [2.75, 3.05) is 6.61 Å². The number of nitrogens with zero attached hydrogens (tertiary/aromatic N) is 2. The molecule has 11 heteroatoms. The first-order valence-corrected chi connectivity index (χ1v) is 9.93. The van der Waals surface area contributed by atoms with Crippen molar-refractivity contribution in [1.29, 1.82) is 0 Å². The predicted octanol–water partition coefficient (Wildman–Crippen LogP) is 1.97. The van der Waals surface area contributed by atoms with Crippen LogP contribution in [-0.2, 0) is 4.74 Å². The van der Waals surface area contributed by atoms with Crippen LogP contribution in [0.4, 0.5) is 5.69 Å². The lowest BCUT2D eigenvalue weighted by atomic mass is 10.3. The number of rotatable bonds is 6. The molecule has 1 aromatic heterocycles. The van der Waals surface area contributed by atoms with Crippen LogP contribution in [0.3, 0.4) is 0 Å². The van der Waals surface area contributed by atoms with E-state index in [9.17, 15) is 24.8 Å². The standard InChI is InChI=1S/C16H15N3O6S2/c1-9-7-18(16(22)17-14(9)21)15-13(6-10(8-20)25-15)27-26-12-5-3-2-4-11(12)19(23)24/h2-7,10,15,20H,8H2,1H3,(H,17,21,22)/t10-,15+/m0/s1. The average Bonchev–Trinajstić information content (AvgIpc) is 3.06. The van der Waals surface area contributed by atoms with Gasteiger partial charge in [0.2, 0.25) is 0 Å². The summed E-state index contributed by atoms with van der Waals surface area (Å²) in [6, 6.07) is 6.31. The molecule has 0 aliphatic carbocycles. The SMILES string of the molecule is Cc1cn([C@@H]2O[C@H](CO)C=C2SSc2ccccc2[N+](=O)[O-])c(=O)[nH]c1=O. The summed E-state index contributed by atoms with van der Waals surface area (Å²) < 4.78 is 6.91. The normalized spacial score (nSPS) is 19.1. The number of benzene rings is 1. The average molecular weight is 409 g/mol. The highest BCUT2D eigenvalue weighted by Crippen LogP contribution is 2.47. The largest absolute Gasteiger partial charge is 0.393 e. The summed E-state index contributed by atoms with van der Waals surface area (Å²) in [6.45, 7) is 1.28. The van der Waals surface area contributed by atoms with Gasteiger partial charge in [0.15, 0.2) is 6.23 Å². The minimum absolute atomic E-state index is 0.0261. The second-order valence-electron chi connectivity index (χ2n) is 5.65. The Morgan fingerprint density at radius 1 is 1.33 bits per heavy atom. The number of para-hydroxylation sites is 1. The monoisotopic (exact) mass is 409 g/mol. The van der Waals surface area contributed by atoms with Gasteiger partial charge in [-0.2, -0.15) is 0 Å². The summed E-state index contributed by atoms with van der Waals surface area (Å²) in [4.78, 5) is 37.7. The lowest BCUT2D eigenvalue weighted by Crippen LogP contribution is -2.34. The Bertz CT molecular complexity index is 1020. The number of ether oxygens (including phenoxy) is 1. The van der Waals surface area contributed by atoms with Gasteiger partial charge in [0.1, 0.15) is 6.10 Å². The number of nitrogens with one attached hydrogen (secondary N) is 1. The van der Waals surface area contributed by atoms with Gasteiger partial charge in [-0.25, -0.2) is 4.79 Å². The maximum atomic E-state index is 12.2. The number of aliphatic hydroxyl groups is 1. The fourth-order valence-corrected chi connectivity index (χ4v) is 4.84. The molecule has 2 N–H and O–H groups in total. The number of aryl methyl sites for hydroxylation is 1. The zero-order valence-corrected chi connectivity index (χ0v) is 15.7. The number of hydrogen-bond donors (Lipinski definition) is 2. The van der Waals surface area contributed by atoms with Crippen molar-refractivity contribution in [3.8, 4) is 0 Å². The summed E-state index contributed by atoms with van der Waals surface area (Å²) >= 11 is 0. The van der Waals surface area contributed by atoms with Gasteiger partial charge < -0.3 is 9.84 Å². The lowest BCUT2D eigenvalue weighted by molar-refractivity contribution is -0.387. The molecule has 0 saturated carbocycles. The highest BCUT2D eigenvalue weighted by atomic mass is 33.1. The predicted molar refractivity (Wildman–Crippen MR) is 102 cm³/mol. The van der Waals surface area contributed by atoms with Crippen molar-refractivity contribution < 1.29 is 14.8 Å². The van der Waals surface area contributed by atoms with E-state index in [-0.39, 0.29) is 12.3 Å². The van der Waals surface area contributed by atoms with Crippen LogP contribution in [0.5, 0.6) is 0 Å². The zero-order valence-electron chi connectivity index (χ0n) is 14.0. The van der Waals surface area contributed by atoms with Crippen LogP contribution in [0.2, 0.25) is 0 Å². The van der Waals surface area contributed by atoms with E-state index < -0.39 is 28.5 Å². The highest BCUT2D eigenvalue weighted by molar-refractivity contribution is 8.78. The van der Waals surface area contributed by atoms with Gasteiger partial charge in [-0.1, -0.05) is 22.9 Å². The van der Waals surface area contributed by atoms with Crippen molar-refractivity contribution >= 4 is 27.3 Å². The van der Waals surface area contributed by atoms with Crippen molar-refractivity contribution in [2.45, 2.75) is 24.2 Å². The van der Waals surface area contributed by atoms with Crippen LogP contribution >= 0.6 is 21.6 Å². The molecule has 0 radical (unpaired) electrons. The van der Waals surface area contributed by atoms with Gasteiger partial charge in [0.25, 0.3) is 11.2 Å². The van der Waals surface area contributed by atoms with Gasteiger partial charge in [-0.05, 0) is 29.9 Å². The molecule has 0 spiro atoms. The Morgan fingerprint density at radius 3 is 2.78 bits per heavy atom. The smallest absolute Gasteiger partial charge is 0.330 e. The first-order valence-electron chi connectivity index (χ1n) is 7.78. The van der Waals surface area contributed by atoms with E-state index in [2.05, 4.69) is 4.98 Å². The van der Waals surface area contributed by atoms with E-state index in [1.54, 1.807) is 31.2 Å². The molecular formula is C16H15N3O6S2. The maximum Gasteiger partial charge on any atom is 0.330 e. The molecular weight excluding hydrogens is 394 g/mol. The number of aromatic nitrogens is 2. The third-order valence-corrected chi connectivity index (χ3v) is 6.27. The summed E-state index contributed by atoms with van der Waals surface area (Å²) in [5.41, 5.74) is -0.819. The second kappa shape index (κ2) is 8.13. The molecule has 2 aromatic rings. The minimum atomic E-state index is -0.842. The van der Waals surface area contributed by atoms with Crippen molar-refractivity contribution in [3.05, 3.63) is 78.0 Å². The Morgan fingerprint density at radius 2 is 2.07 bits per heavy atom. The quantitative estimate of drug-likeness (QED) is 0.421. The Labute approximate surface area is 160 Å². The first-order chi connectivity index (χ1) is 12.9. The molecule has 0 saturated heterocycles. The Balaban J connectivity index is 1.89. The van der Waals surface area contributed by atoms with Gasteiger partial charge in [0.05, 0.1) is 16.4 Å². The number of nitro groups is 1. The topological polar surface area (TPSA) is 127 Å². The fourth-order valence-electron chi connectivity index (χ4n) is 2.44. The zero-order chi connectivity index (χ0) is 19.6. The molecule has 1 aliphatic rings.